The molecular formula is C65H47N3. The lowest BCUT2D eigenvalue weighted by Gasteiger charge is -2.49. The molecule has 322 valence electrons. The molecule has 0 fully saturated rings. The molecule has 0 amide bonds. The summed E-state index contributed by atoms with van der Waals surface area (Å²) in [4.78, 5) is 5.19. The van der Waals surface area contributed by atoms with Crippen molar-refractivity contribution in [1.29, 1.82) is 0 Å². The van der Waals surface area contributed by atoms with Crippen molar-refractivity contribution in [2.75, 3.05) is 0 Å². The Labute approximate surface area is 398 Å². The summed E-state index contributed by atoms with van der Waals surface area (Å²) in [6.45, 7) is 0.521. The highest BCUT2D eigenvalue weighted by molar-refractivity contribution is 6.00. The van der Waals surface area contributed by atoms with Gasteiger partial charge in [-0.05, 0) is 106 Å². The predicted octanol–water partition coefficient (Wildman–Crippen LogP) is 14.3. The Hall–Kier alpha value is -8.37. The molecule has 3 aliphatic carbocycles. The zero-order chi connectivity index (χ0) is 45.2. The average Bonchev–Trinajstić information content (AvgIpc) is 3.88. The van der Waals surface area contributed by atoms with Crippen molar-refractivity contribution in [2.24, 2.45) is 10.7 Å². The summed E-state index contributed by atoms with van der Waals surface area (Å²) in [6.07, 6.45) is -0.555. The number of benzene rings is 10. The topological polar surface area (TPSA) is 50.4 Å². The summed E-state index contributed by atoms with van der Waals surface area (Å²) in [5.41, 5.74) is 29.5. The molecule has 2 spiro atoms. The van der Waals surface area contributed by atoms with E-state index in [1.54, 1.807) is 0 Å². The van der Waals surface area contributed by atoms with Crippen LogP contribution in [0.4, 0.5) is 0 Å². The molecule has 10 aromatic carbocycles. The Bertz CT molecular complexity index is 3500. The third kappa shape index (κ3) is 5.86. The molecule has 0 aliphatic heterocycles. The summed E-state index contributed by atoms with van der Waals surface area (Å²) in [5.74, 6) is 0.749. The summed E-state index contributed by atoms with van der Waals surface area (Å²) < 4.78 is 0. The van der Waals surface area contributed by atoms with Gasteiger partial charge >= 0.3 is 0 Å². The number of hydrogen-bond donors (Lipinski definition) is 2. The number of nitrogens with two attached hydrogens (primary N) is 1. The molecule has 68 heavy (non-hydrogen) atoms. The maximum absolute atomic E-state index is 7.32. The molecule has 0 saturated carbocycles. The Balaban J connectivity index is 1.01. The van der Waals surface area contributed by atoms with Crippen LogP contribution < -0.4 is 11.1 Å². The minimum absolute atomic E-state index is 0.521. The fourth-order valence-electron chi connectivity index (χ4n) is 12.1. The summed E-state index contributed by atoms with van der Waals surface area (Å²) in [5, 5.41) is 3.70. The molecule has 0 radical (unpaired) electrons. The van der Waals surface area contributed by atoms with Crippen molar-refractivity contribution in [2.45, 2.75) is 23.5 Å². The van der Waals surface area contributed by atoms with Crippen LogP contribution in [-0.2, 0) is 17.4 Å². The van der Waals surface area contributed by atoms with Crippen LogP contribution in [0.5, 0.6) is 0 Å². The van der Waals surface area contributed by atoms with Gasteiger partial charge in [-0.3, -0.25) is 4.99 Å². The largest absolute Gasteiger partial charge is 0.351 e. The van der Waals surface area contributed by atoms with Gasteiger partial charge in [0.2, 0.25) is 0 Å². The lowest BCUT2D eigenvalue weighted by Crippen LogP contribution is -2.44. The molecule has 0 aromatic heterocycles. The van der Waals surface area contributed by atoms with Crippen LogP contribution in [-0.4, -0.2) is 5.84 Å². The van der Waals surface area contributed by atoms with Gasteiger partial charge in [0, 0.05) is 5.56 Å². The highest BCUT2D eigenvalue weighted by Gasteiger charge is 2.59. The summed E-state index contributed by atoms with van der Waals surface area (Å²) in [6, 6.07) is 91.1. The quantitative estimate of drug-likeness (QED) is 0.0952. The fraction of sp³-hybridized carbons (Fsp3) is 0.0615. The SMILES string of the molecule is NC(NC(=NCc1ccccc1)c1ccc(-c2ccccc2)cc1)c1cccc(-c2cccc3c2C2(c4ccccc4-c4ccccc42)c2ccccc2C32c3ccccc3-c3ccccc32)c1. The first-order valence-corrected chi connectivity index (χ1v) is 23.6. The Kier molecular flexibility index (Phi) is 9.35. The van der Waals surface area contributed by atoms with Crippen molar-refractivity contribution in [3.05, 3.63) is 310 Å². The maximum atomic E-state index is 7.32. The molecule has 3 N–H and O–H groups in total. The molecule has 10 aromatic rings. The molecular weight excluding hydrogens is 823 g/mol. The van der Waals surface area contributed by atoms with Gasteiger partial charge in [0.25, 0.3) is 0 Å². The molecule has 3 nitrogen and oxygen atoms in total. The van der Waals surface area contributed by atoms with Crippen molar-refractivity contribution in [3.63, 3.8) is 0 Å². The third-order valence-corrected chi connectivity index (χ3v) is 14.9. The van der Waals surface area contributed by atoms with Gasteiger partial charge < -0.3 is 11.1 Å². The van der Waals surface area contributed by atoms with Crippen LogP contribution in [0.1, 0.15) is 67.4 Å². The van der Waals surface area contributed by atoms with Gasteiger partial charge in [-0.1, -0.05) is 243 Å². The molecule has 0 heterocycles. The highest BCUT2D eigenvalue weighted by Crippen LogP contribution is 2.68. The second-order valence-electron chi connectivity index (χ2n) is 18.3. The van der Waals surface area contributed by atoms with Gasteiger partial charge in [-0.15, -0.1) is 0 Å². The first-order valence-electron chi connectivity index (χ1n) is 23.6. The van der Waals surface area contributed by atoms with E-state index in [2.05, 4.69) is 242 Å². The summed E-state index contributed by atoms with van der Waals surface area (Å²) in [7, 11) is 0. The van der Waals surface area contributed by atoms with Crippen LogP contribution >= 0.6 is 0 Å². The molecule has 0 saturated heterocycles. The minimum atomic E-state index is -0.618. The number of fused-ring (bicyclic) bond motifs is 16. The van der Waals surface area contributed by atoms with E-state index < -0.39 is 17.0 Å². The van der Waals surface area contributed by atoms with Crippen LogP contribution in [0.25, 0.3) is 44.5 Å². The monoisotopic (exact) mass is 869 g/mol. The van der Waals surface area contributed by atoms with Crippen molar-refractivity contribution < 1.29 is 0 Å². The van der Waals surface area contributed by atoms with Gasteiger partial charge in [0.15, 0.2) is 0 Å². The van der Waals surface area contributed by atoms with E-state index >= 15 is 0 Å². The minimum Gasteiger partial charge on any atom is -0.351 e. The number of hydrogen-bond acceptors (Lipinski definition) is 2. The van der Waals surface area contributed by atoms with Crippen molar-refractivity contribution in [1.82, 2.24) is 5.32 Å². The molecule has 1 unspecified atom stereocenters. The van der Waals surface area contributed by atoms with Gasteiger partial charge in [0.1, 0.15) is 12.0 Å². The lowest BCUT2D eigenvalue weighted by molar-refractivity contribution is 0.634. The van der Waals surface area contributed by atoms with Crippen molar-refractivity contribution in [3.8, 4) is 44.5 Å². The molecule has 1 atom stereocenters. The van der Waals surface area contributed by atoms with Gasteiger partial charge in [-0.2, -0.15) is 0 Å². The van der Waals surface area contributed by atoms with Crippen molar-refractivity contribution >= 4 is 5.84 Å². The van der Waals surface area contributed by atoms with Crippen LogP contribution in [0, 0.1) is 0 Å². The van der Waals surface area contributed by atoms with E-state index in [1.807, 2.05) is 12.1 Å². The Morgan fingerprint density at radius 1 is 0.382 bits per heavy atom. The molecule has 0 bridgehead atoms. The lowest BCUT2D eigenvalue weighted by atomic mass is 9.51. The van der Waals surface area contributed by atoms with E-state index in [1.165, 1.54) is 77.9 Å². The first kappa shape index (κ1) is 39.9. The van der Waals surface area contributed by atoms with E-state index in [0.29, 0.717) is 6.54 Å². The number of aliphatic imine (C=N–C) groups is 1. The third-order valence-electron chi connectivity index (χ3n) is 14.9. The second-order valence-corrected chi connectivity index (χ2v) is 18.3. The standard InChI is InChI=1S/C65H47N3/c66-62(68-63(67-42-43-19-3-1-4-20-43)46-39-37-45(38-40-46)44-21-5-2-6-22-44)48-24-17-23-47(41-48)49-29-18-36-60-61(49)65(56-32-13-9-27-52(56)53-28-10-14-33-57(53)65)59-35-16-15-34-58(59)64(60)54-30-11-7-25-50(54)51-26-8-12-31-55(51)64/h1-41,62H,42,66H2,(H,67,68). The van der Waals surface area contributed by atoms with Crippen LogP contribution in [0.15, 0.2) is 254 Å². The average molecular weight is 870 g/mol. The Morgan fingerprint density at radius 3 is 1.40 bits per heavy atom. The number of nitrogens with one attached hydrogen (secondary N) is 1. The smallest absolute Gasteiger partial charge is 0.130 e. The normalized spacial score (nSPS) is 14.6. The fourth-order valence-corrected chi connectivity index (χ4v) is 12.1. The zero-order valence-electron chi connectivity index (χ0n) is 37.5. The Morgan fingerprint density at radius 2 is 0.809 bits per heavy atom. The summed E-state index contributed by atoms with van der Waals surface area (Å²) >= 11 is 0. The van der Waals surface area contributed by atoms with E-state index in [-0.39, 0.29) is 0 Å². The van der Waals surface area contributed by atoms with Gasteiger partial charge in [0.05, 0.1) is 17.4 Å². The predicted molar refractivity (Wildman–Crippen MR) is 279 cm³/mol. The number of rotatable bonds is 7. The molecule has 3 heteroatoms. The zero-order valence-corrected chi connectivity index (χ0v) is 37.5. The first-order chi connectivity index (χ1) is 33.7. The maximum Gasteiger partial charge on any atom is 0.130 e. The van der Waals surface area contributed by atoms with Crippen LogP contribution in [0.3, 0.4) is 0 Å². The van der Waals surface area contributed by atoms with E-state index in [0.717, 1.165) is 33.7 Å². The molecule has 3 aliphatic rings. The highest BCUT2D eigenvalue weighted by atomic mass is 15.1. The van der Waals surface area contributed by atoms with E-state index in [9.17, 15) is 0 Å². The van der Waals surface area contributed by atoms with Crippen LogP contribution in [0.2, 0.25) is 0 Å². The second kappa shape index (κ2) is 15.9. The number of amidine groups is 1. The molecule has 13 rings (SSSR count). The van der Waals surface area contributed by atoms with E-state index in [4.69, 9.17) is 10.7 Å². The van der Waals surface area contributed by atoms with Gasteiger partial charge in [-0.25, -0.2) is 0 Å². The number of nitrogens with zero attached hydrogens (tertiary/aromatic N) is 1.